The molecule has 0 N–H and O–H groups in total. The molecule has 2 aromatic carbocycles. The number of hydrogen-bond donors (Lipinski definition) is 0. The molecule has 1 saturated heterocycles. The molecule has 1 fully saturated rings. The molecular weight excluding hydrogens is 306 g/mol. The van der Waals surface area contributed by atoms with E-state index in [2.05, 4.69) is 31.2 Å². The van der Waals surface area contributed by atoms with Crippen LogP contribution in [0.25, 0.3) is 0 Å². The zero-order valence-corrected chi connectivity index (χ0v) is 13.7. The van der Waals surface area contributed by atoms with Crippen LogP contribution >= 0.6 is 0 Å². The first kappa shape index (κ1) is 17.4. The van der Waals surface area contributed by atoms with Gasteiger partial charge in [-0.3, -0.25) is 4.79 Å². The highest BCUT2D eigenvalue weighted by Gasteiger charge is 2.31. The lowest BCUT2D eigenvalue weighted by Gasteiger charge is -2.17. The summed E-state index contributed by atoms with van der Waals surface area (Å²) in [4.78, 5) is 30.4. The number of hydrogen-bond acceptors (Lipinski definition) is 4. The van der Waals surface area contributed by atoms with Crippen LogP contribution in [0.3, 0.4) is 0 Å². The van der Waals surface area contributed by atoms with Crippen LogP contribution in [-0.2, 0) is 14.4 Å². The lowest BCUT2D eigenvalue weighted by molar-refractivity contribution is -0.191. The molecule has 0 radical (unpaired) electrons. The summed E-state index contributed by atoms with van der Waals surface area (Å²) in [7, 11) is 1.64. The largest absolute Gasteiger partial charge is 0.497 e. The summed E-state index contributed by atoms with van der Waals surface area (Å²) in [6.45, 7) is 2.82. The summed E-state index contributed by atoms with van der Waals surface area (Å²) < 4.78 is 5.16. The predicted octanol–water partition coefficient (Wildman–Crippen LogP) is 2.94. The summed E-state index contributed by atoms with van der Waals surface area (Å²) >= 11 is 0. The normalized spacial score (nSPS) is 16.2. The van der Waals surface area contributed by atoms with Crippen LogP contribution in [0, 0.1) is 6.92 Å². The van der Waals surface area contributed by atoms with Crippen molar-refractivity contribution in [2.45, 2.75) is 19.3 Å². The van der Waals surface area contributed by atoms with E-state index in [1.165, 1.54) is 11.1 Å². The molecule has 1 atom stereocenters. The average molecular weight is 325 g/mol. The monoisotopic (exact) mass is 325 g/mol. The van der Waals surface area contributed by atoms with Crippen molar-refractivity contribution in [2.24, 2.45) is 0 Å². The SMILES string of the molecule is COc1ccc(N2C[C@H](c3ccc(C)cc3)CC2=O)cc1.O=C=O. The number of nitrogens with zero attached hydrogens (tertiary/aromatic N) is 1. The standard InChI is InChI=1S/C18H19NO2.CO2/c1-13-3-5-14(6-4-13)15-11-18(20)19(12-15)16-7-9-17(21-2)10-8-16;2-1-3/h3-10,15H,11-12H2,1-2H3;/t15-;/m1./s1. The molecule has 1 aliphatic rings. The zero-order chi connectivity index (χ0) is 17.5. The maximum absolute atomic E-state index is 12.3. The van der Waals surface area contributed by atoms with Gasteiger partial charge in [0.15, 0.2) is 0 Å². The second-order valence-electron chi connectivity index (χ2n) is 5.60. The number of carbonyl (C=O) groups is 1. The van der Waals surface area contributed by atoms with E-state index in [4.69, 9.17) is 14.3 Å². The maximum Gasteiger partial charge on any atom is 0.373 e. The molecular formula is C19H19NO4. The maximum atomic E-state index is 12.3. The van der Waals surface area contributed by atoms with Gasteiger partial charge in [0.25, 0.3) is 0 Å². The van der Waals surface area contributed by atoms with Gasteiger partial charge in [0, 0.05) is 24.6 Å². The molecule has 1 aliphatic heterocycles. The van der Waals surface area contributed by atoms with Crippen molar-refractivity contribution >= 4 is 17.7 Å². The van der Waals surface area contributed by atoms with Crippen LogP contribution in [0.15, 0.2) is 48.5 Å². The molecule has 0 bridgehead atoms. The highest BCUT2D eigenvalue weighted by Crippen LogP contribution is 2.32. The number of aryl methyl sites for hydroxylation is 1. The van der Waals surface area contributed by atoms with E-state index in [0.717, 1.165) is 18.0 Å². The number of rotatable bonds is 3. The molecule has 24 heavy (non-hydrogen) atoms. The minimum absolute atomic E-state index is 0.186. The van der Waals surface area contributed by atoms with Gasteiger partial charge in [0.1, 0.15) is 5.75 Å². The van der Waals surface area contributed by atoms with E-state index < -0.39 is 0 Å². The molecule has 5 heteroatoms. The highest BCUT2D eigenvalue weighted by atomic mass is 16.5. The first-order valence-corrected chi connectivity index (χ1v) is 7.59. The van der Waals surface area contributed by atoms with Crippen molar-refractivity contribution in [2.75, 3.05) is 18.6 Å². The van der Waals surface area contributed by atoms with Gasteiger partial charge < -0.3 is 9.64 Å². The Labute approximate surface area is 140 Å². The Hall–Kier alpha value is -2.91. The summed E-state index contributed by atoms with van der Waals surface area (Å²) in [5.74, 6) is 1.27. The highest BCUT2D eigenvalue weighted by molar-refractivity contribution is 5.96. The van der Waals surface area contributed by atoms with Crippen molar-refractivity contribution in [1.29, 1.82) is 0 Å². The Balaban J connectivity index is 0.000000647. The van der Waals surface area contributed by atoms with Crippen LogP contribution in [0.4, 0.5) is 5.69 Å². The molecule has 0 saturated carbocycles. The van der Waals surface area contributed by atoms with E-state index >= 15 is 0 Å². The average Bonchev–Trinajstić information content (AvgIpc) is 2.98. The van der Waals surface area contributed by atoms with Gasteiger partial charge in [0.05, 0.1) is 7.11 Å². The van der Waals surface area contributed by atoms with E-state index in [9.17, 15) is 4.79 Å². The Morgan fingerprint density at radius 2 is 1.62 bits per heavy atom. The predicted molar refractivity (Wildman–Crippen MR) is 88.9 cm³/mol. The quantitative estimate of drug-likeness (QED) is 0.870. The van der Waals surface area contributed by atoms with Gasteiger partial charge in [-0.1, -0.05) is 29.8 Å². The Morgan fingerprint density at radius 1 is 1.04 bits per heavy atom. The van der Waals surface area contributed by atoms with Gasteiger partial charge in [-0.25, -0.2) is 0 Å². The minimum Gasteiger partial charge on any atom is -0.497 e. The lowest BCUT2D eigenvalue weighted by atomic mass is 9.97. The number of ether oxygens (including phenoxy) is 1. The molecule has 0 aromatic heterocycles. The number of methoxy groups -OCH3 is 1. The molecule has 0 spiro atoms. The fourth-order valence-corrected chi connectivity index (χ4v) is 2.78. The van der Waals surface area contributed by atoms with E-state index in [1.54, 1.807) is 7.11 Å². The number of anilines is 1. The Bertz CT molecular complexity index is 716. The first-order chi connectivity index (χ1) is 11.6. The summed E-state index contributed by atoms with van der Waals surface area (Å²) in [5, 5.41) is 0. The molecule has 2 aromatic rings. The Kier molecular flexibility index (Phi) is 5.88. The van der Waals surface area contributed by atoms with Gasteiger partial charge in [-0.05, 0) is 36.8 Å². The minimum atomic E-state index is 0.186. The molecule has 5 nitrogen and oxygen atoms in total. The molecule has 1 heterocycles. The van der Waals surface area contributed by atoms with Crippen molar-refractivity contribution < 1.29 is 19.1 Å². The zero-order valence-electron chi connectivity index (χ0n) is 13.7. The number of amides is 1. The second kappa shape index (κ2) is 8.09. The molecule has 124 valence electrons. The third-order valence-corrected chi connectivity index (χ3v) is 4.06. The van der Waals surface area contributed by atoms with Gasteiger partial charge in [-0.15, -0.1) is 0 Å². The lowest BCUT2D eigenvalue weighted by Crippen LogP contribution is -2.24. The van der Waals surface area contributed by atoms with Gasteiger partial charge >= 0.3 is 6.15 Å². The molecule has 3 rings (SSSR count). The fraction of sp³-hybridized carbons (Fsp3) is 0.263. The Morgan fingerprint density at radius 3 is 2.17 bits per heavy atom. The van der Waals surface area contributed by atoms with Gasteiger partial charge in [0.2, 0.25) is 5.91 Å². The molecule has 1 amide bonds. The van der Waals surface area contributed by atoms with Crippen LogP contribution in [0.2, 0.25) is 0 Å². The second-order valence-corrected chi connectivity index (χ2v) is 5.60. The third kappa shape index (κ3) is 4.09. The summed E-state index contributed by atoms with van der Waals surface area (Å²) in [6, 6.07) is 16.1. The van der Waals surface area contributed by atoms with Crippen molar-refractivity contribution in [1.82, 2.24) is 0 Å². The van der Waals surface area contributed by atoms with E-state index in [1.807, 2.05) is 29.2 Å². The smallest absolute Gasteiger partial charge is 0.373 e. The van der Waals surface area contributed by atoms with Crippen molar-refractivity contribution in [3.63, 3.8) is 0 Å². The molecule has 0 aliphatic carbocycles. The number of benzene rings is 2. The van der Waals surface area contributed by atoms with Crippen LogP contribution in [-0.4, -0.2) is 25.7 Å². The van der Waals surface area contributed by atoms with Gasteiger partial charge in [-0.2, -0.15) is 9.59 Å². The van der Waals surface area contributed by atoms with E-state index in [-0.39, 0.29) is 18.0 Å². The third-order valence-electron chi connectivity index (χ3n) is 4.06. The van der Waals surface area contributed by atoms with Crippen LogP contribution in [0.1, 0.15) is 23.5 Å². The van der Waals surface area contributed by atoms with Crippen molar-refractivity contribution in [3.05, 3.63) is 59.7 Å². The first-order valence-electron chi connectivity index (χ1n) is 7.59. The van der Waals surface area contributed by atoms with Crippen LogP contribution in [0.5, 0.6) is 5.75 Å². The van der Waals surface area contributed by atoms with Crippen molar-refractivity contribution in [3.8, 4) is 5.75 Å². The summed E-state index contributed by atoms with van der Waals surface area (Å²) in [5.41, 5.74) is 3.43. The molecule has 0 unspecified atom stereocenters. The topological polar surface area (TPSA) is 63.7 Å². The fourth-order valence-electron chi connectivity index (χ4n) is 2.78. The number of carbonyl (C=O) groups excluding carboxylic acids is 3. The van der Waals surface area contributed by atoms with Crippen LogP contribution < -0.4 is 9.64 Å². The summed E-state index contributed by atoms with van der Waals surface area (Å²) in [6.07, 6.45) is 0.828. The van der Waals surface area contributed by atoms with E-state index in [0.29, 0.717) is 6.42 Å².